The van der Waals surface area contributed by atoms with Crippen LogP contribution in [0.2, 0.25) is 0 Å². The number of hydrogen-bond acceptors (Lipinski definition) is 10. The summed E-state index contributed by atoms with van der Waals surface area (Å²) >= 11 is 3.02. The fourth-order valence-electron chi connectivity index (χ4n) is 4.60. The minimum absolute atomic E-state index is 0.0376. The maximum atomic E-state index is 12.3. The first-order valence-electron chi connectivity index (χ1n) is 12.5. The highest BCUT2D eigenvalue weighted by molar-refractivity contribution is 7.15. The Morgan fingerprint density at radius 2 is 1.56 bits per heavy atom. The topological polar surface area (TPSA) is 122 Å². The van der Waals surface area contributed by atoms with E-state index >= 15 is 0 Å². The average Bonchev–Trinajstić information content (AvgIpc) is 3.47. The van der Waals surface area contributed by atoms with E-state index in [9.17, 15) is 9.59 Å². The van der Waals surface area contributed by atoms with Crippen molar-refractivity contribution in [2.45, 2.75) is 70.6 Å². The van der Waals surface area contributed by atoms with Crippen molar-refractivity contribution < 1.29 is 9.59 Å². The Balaban J connectivity index is 1.11. The van der Waals surface area contributed by atoms with Gasteiger partial charge in [-0.05, 0) is 76.5 Å². The Morgan fingerprint density at radius 3 is 2.32 bits per heavy atom. The van der Waals surface area contributed by atoms with Crippen molar-refractivity contribution >= 4 is 39.5 Å². The van der Waals surface area contributed by atoms with Gasteiger partial charge in [0, 0.05) is 25.7 Å². The van der Waals surface area contributed by atoms with E-state index in [2.05, 4.69) is 36.3 Å². The van der Waals surface area contributed by atoms with Gasteiger partial charge in [-0.1, -0.05) is 11.3 Å². The van der Waals surface area contributed by atoms with Crippen molar-refractivity contribution in [3.63, 3.8) is 0 Å². The largest absolute Gasteiger partial charge is 0.317 e. The van der Waals surface area contributed by atoms with Gasteiger partial charge in [0.2, 0.25) is 11.0 Å². The second-order valence-corrected chi connectivity index (χ2v) is 11.6. The zero-order valence-electron chi connectivity index (χ0n) is 19.7. The Morgan fingerprint density at radius 1 is 0.824 bits per heavy atom. The van der Waals surface area contributed by atoms with Crippen molar-refractivity contribution in [2.75, 3.05) is 31.5 Å². The number of anilines is 1. The number of nitrogens with zero attached hydrogens (tertiary/aromatic N) is 4. The molecule has 0 aromatic carbocycles. The number of nitrogens with one attached hydrogen (secondary N) is 3. The molecule has 2 saturated heterocycles. The number of amides is 1. The van der Waals surface area contributed by atoms with Crippen LogP contribution in [0, 0.1) is 11.8 Å². The van der Waals surface area contributed by atoms with Crippen LogP contribution in [0.25, 0.3) is 0 Å². The second-order valence-electron chi connectivity index (χ2n) is 9.38. The van der Waals surface area contributed by atoms with Gasteiger partial charge in [-0.25, -0.2) is 0 Å². The molecule has 4 rings (SSSR count). The number of ketones is 1. The molecule has 1 atom stereocenters. The molecule has 0 aliphatic carbocycles. The molecule has 4 heterocycles. The molecule has 1 amide bonds. The van der Waals surface area contributed by atoms with Gasteiger partial charge in [-0.3, -0.25) is 9.59 Å². The number of hydrogen-bond donors (Lipinski definition) is 3. The lowest BCUT2D eigenvalue weighted by Crippen LogP contribution is -2.31. The van der Waals surface area contributed by atoms with Crippen LogP contribution in [0.5, 0.6) is 0 Å². The summed E-state index contributed by atoms with van der Waals surface area (Å²) in [5, 5.41) is 29.8. The summed E-state index contributed by atoms with van der Waals surface area (Å²) in [5.74, 6) is 1.24. The second kappa shape index (κ2) is 13.3. The lowest BCUT2D eigenvalue weighted by atomic mass is 9.93. The number of piperidine rings is 2. The highest BCUT2D eigenvalue weighted by Gasteiger charge is 2.19. The molecule has 0 saturated carbocycles. The van der Waals surface area contributed by atoms with Crippen LogP contribution in [-0.4, -0.2) is 58.3 Å². The molecule has 9 nitrogen and oxygen atoms in total. The smallest absolute Gasteiger partial charge is 0.226 e. The Labute approximate surface area is 208 Å². The third-order valence-corrected chi connectivity index (χ3v) is 8.33. The van der Waals surface area contributed by atoms with E-state index in [4.69, 9.17) is 0 Å². The highest BCUT2D eigenvalue weighted by Crippen LogP contribution is 2.22. The molecule has 3 N–H and O–H groups in total. The zero-order chi connectivity index (χ0) is 23.6. The fourth-order valence-corrected chi connectivity index (χ4v) is 6.31. The lowest BCUT2D eigenvalue weighted by molar-refractivity contribution is -0.119. The molecule has 2 aromatic rings. The first kappa shape index (κ1) is 25.3. The maximum absolute atomic E-state index is 12.3. The Bertz CT molecular complexity index is 846. The minimum Gasteiger partial charge on any atom is -0.317 e. The number of aromatic nitrogens is 4. The molecule has 0 radical (unpaired) electrons. The van der Waals surface area contributed by atoms with Crippen LogP contribution in [0.3, 0.4) is 0 Å². The summed E-state index contributed by atoms with van der Waals surface area (Å²) in [6, 6.07) is 0. The van der Waals surface area contributed by atoms with Crippen molar-refractivity contribution in [1.82, 2.24) is 31.0 Å². The van der Waals surface area contributed by atoms with E-state index in [0.29, 0.717) is 36.2 Å². The van der Waals surface area contributed by atoms with Crippen molar-refractivity contribution in [2.24, 2.45) is 11.8 Å². The molecule has 2 aliphatic rings. The van der Waals surface area contributed by atoms with E-state index in [0.717, 1.165) is 92.6 Å². The standard InChI is InChI=1S/C23H35N7O2S2/c31-18(12-17-4-3-9-25-15-17)14-22-29-27-20(33-22)5-1-2-6-21-28-30-23(34-21)26-19(32)13-16-7-10-24-11-8-16/h16-17,24-25H,1-15H2,(H,26,30,32). The fraction of sp³-hybridized carbons (Fsp3) is 0.739. The van der Waals surface area contributed by atoms with Crippen molar-refractivity contribution in [3.8, 4) is 0 Å². The summed E-state index contributed by atoms with van der Waals surface area (Å²) in [7, 11) is 0. The summed E-state index contributed by atoms with van der Waals surface area (Å²) in [4.78, 5) is 24.6. The summed E-state index contributed by atoms with van der Waals surface area (Å²) in [6.07, 6.45) is 9.66. The van der Waals surface area contributed by atoms with Crippen LogP contribution in [0.4, 0.5) is 5.13 Å². The quantitative estimate of drug-likeness (QED) is 0.377. The average molecular weight is 506 g/mol. The van der Waals surface area contributed by atoms with Gasteiger partial charge in [0.25, 0.3) is 0 Å². The molecule has 2 aromatic heterocycles. The van der Waals surface area contributed by atoms with E-state index in [1.165, 1.54) is 11.3 Å². The third kappa shape index (κ3) is 8.44. The molecule has 2 aliphatic heterocycles. The Kier molecular flexibility index (Phi) is 9.90. The number of carbonyl (C=O) groups is 2. The zero-order valence-corrected chi connectivity index (χ0v) is 21.3. The molecule has 2 fully saturated rings. The van der Waals surface area contributed by atoms with Gasteiger partial charge in [-0.2, -0.15) is 0 Å². The van der Waals surface area contributed by atoms with Crippen LogP contribution >= 0.6 is 22.7 Å². The molecule has 186 valence electrons. The van der Waals surface area contributed by atoms with Crippen LogP contribution in [-0.2, 0) is 28.9 Å². The maximum Gasteiger partial charge on any atom is 0.226 e. The molecule has 1 unspecified atom stereocenters. The van der Waals surface area contributed by atoms with E-state index in [-0.39, 0.29) is 11.7 Å². The van der Waals surface area contributed by atoms with Crippen LogP contribution in [0.15, 0.2) is 0 Å². The van der Waals surface area contributed by atoms with E-state index in [1.54, 1.807) is 11.3 Å². The van der Waals surface area contributed by atoms with Crippen LogP contribution < -0.4 is 16.0 Å². The molecule has 34 heavy (non-hydrogen) atoms. The summed E-state index contributed by atoms with van der Waals surface area (Å²) in [6.45, 7) is 4.01. The van der Waals surface area contributed by atoms with Crippen molar-refractivity contribution in [1.29, 1.82) is 0 Å². The molecular weight excluding hydrogens is 470 g/mol. The third-order valence-electron chi connectivity index (χ3n) is 6.45. The predicted molar refractivity (Wildman–Crippen MR) is 134 cm³/mol. The molecule has 0 bridgehead atoms. The molecule has 11 heteroatoms. The Hall–Kier alpha value is -1.82. The number of rotatable bonds is 12. The minimum atomic E-state index is 0.0376. The van der Waals surface area contributed by atoms with Crippen molar-refractivity contribution in [3.05, 3.63) is 15.0 Å². The van der Waals surface area contributed by atoms with Gasteiger partial charge in [0.1, 0.15) is 20.8 Å². The first-order chi connectivity index (χ1) is 16.6. The lowest BCUT2D eigenvalue weighted by Gasteiger charge is -2.21. The van der Waals surface area contributed by atoms with Gasteiger partial charge >= 0.3 is 0 Å². The van der Waals surface area contributed by atoms with Gasteiger partial charge in [0.05, 0.1) is 6.42 Å². The van der Waals surface area contributed by atoms with Gasteiger partial charge < -0.3 is 16.0 Å². The van der Waals surface area contributed by atoms with Gasteiger partial charge in [-0.15, -0.1) is 31.7 Å². The number of carbonyl (C=O) groups excluding carboxylic acids is 2. The monoisotopic (exact) mass is 505 g/mol. The SMILES string of the molecule is O=C(Cc1nnc(CCCCc2nnc(NC(=O)CC3CCNCC3)s2)s1)CC1CCCNC1. The predicted octanol–water partition coefficient (Wildman–Crippen LogP) is 2.78. The molecular formula is C23H35N7O2S2. The number of Topliss-reactive ketones (excluding diaryl/α,β-unsaturated/α-hetero) is 1. The van der Waals surface area contributed by atoms with Crippen LogP contribution in [0.1, 0.15) is 66.4 Å². The summed E-state index contributed by atoms with van der Waals surface area (Å²) in [5.41, 5.74) is 0. The molecule has 0 spiro atoms. The number of aryl methyl sites for hydroxylation is 2. The number of unbranched alkanes of at least 4 members (excludes halogenated alkanes) is 1. The van der Waals surface area contributed by atoms with E-state index in [1.807, 2.05) is 0 Å². The highest BCUT2D eigenvalue weighted by atomic mass is 32.1. The summed E-state index contributed by atoms with van der Waals surface area (Å²) < 4.78 is 0. The first-order valence-corrected chi connectivity index (χ1v) is 14.1. The van der Waals surface area contributed by atoms with E-state index < -0.39 is 0 Å². The van der Waals surface area contributed by atoms with Gasteiger partial charge in [0.15, 0.2) is 0 Å². The normalized spacial score (nSPS) is 19.2.